The molecule has 0 spiro atoms. The zero-order valence-corrected chi connectivity index (χ0v) is 16.6. The lowest BCUT2D eigenvalue weighted by molar-refractivity contribution is 0.213. The molecule has 3 rings (SSSR count). The Bertz CT molecular complexity index is 1170. The van der Waals surface area contributed by atoms with Crippen LogP contribution in [-0.2, 0) is 18.5 Å². The minimum absolute atomic E-state index is 0.157. The Kier molecular flexibility index (Phi) is 5.74. The lowest BCUT2D eigenvalue weighted by Gasteiger charge is -2.14. The Morgan fingerprint density at radius 1 is 1.28 bits per heavy atom. The second-order valence-corrected chi connectivity index (χ2v) is 6.34. The standard InChI is InChI=1S/C20H20N6O3/c1-13-6-5-7-18(26-20(27)25(3)23-24-26)17(13)12-29-19-9-8-15(10-16(19)11-21)14(2)22-28-4/h5-10H,12H2,1-4H3/b22-14-. The van der Waals surface area contributed by atoms with Gasteiger partial charge < -0.3 is 9.57 Å². The molecule has 29 heavy (non-hydrogen) atoms. The number of hydrogen-bond donors (Lipinski definition) is 0. The monoisotopic (exact) mass is 392 g/mol. The third-order valence-electron chi connectivity index (χ3n) is 4.45. The Hall–Kier alpha value is -3.93. The molecule has 0 bridgehead atoms. The molecule has 0 saturated carbocycles. The van der Waals surface area contributed by atoms with E-state index in [1.54, 1.807) is 31.2 Å². The van der Waals surface area contributed by atoms with E-state index in [2.05, 4.69) is 21.7 Å². The minimum atomic E-state index is -0.355. The predicted octanol–water partition coefficient (Wildman–Crippen LogP) is 2.10. The topological polar surface area (TPSA) is 107 Å². The van der Waals surface area contributed by atoms with Crippen LogP contribution in [0.4, 0.5) is 0 Å². The molecular weight excluding hydrogens is 372 g/mol. The number of nitrogens with zero attached hydrogens (tertiary/aromatic N) is 6. The summed E-state index contributed by atoms with van der Waals surface area (Å²) in [7, 11) is 3.00. The maximum Gasteiger partial charge on any atom is 0.368 e. The molecule has 9 nitrogen and oxygen atoms in total. The second-order valence-electron chi connectivity index (χ2n) is 6.34. The van der Waals surface area contributed by atoms with E-state index in [-0.39, 0.29) is 12.3 Å². The highest BCUT2D eigenvalue weighted by Gasteiger charge is 2.15. The Morgan fingerprint density at radius 2 is 2.07 bits per heavy atom. The van der Waals surface area contributed by atoms with Gasteiger partial charge in [-0.25, -0.2) is 4.79 Å². The first-order chi connectivity index (χ1) is 14.0. The zero-order valence-electron chi connectivity index (χ0n) is 16.6. The van der Waals surface area contributed by atoms with Crippen molar-refractivity contribution in [3.8, 4) is 17.5 Å². The number of tetrazole rings is 1. The van der Waals surface area contributed by atoms with Gasteiger partial charge in [0.15, 0.2) is 0 Å². The first-order valence-electron chi connectivity index (χ1n) is 8.79. The van der Waals surface area contributed by atoms with Crippen LogP contribution in [0.5, 0.6) is 5.75 Å². The average molecular weight is 392 g/mol. The zero-order chi connectivity index (χ0) is 21.0. The molecule has 0 radical (unpaired) electrons. The van der Waals surface area contributed by atoms with Gasteiger partial charge in [-0.3, -0.25) is 0 Å². The highest BCUT2D eigenvalue weighted by Crippen LogP contribution is 2.24. The summed E-state index contributed by atoms with van der Waals surface area (Å²) in [6, 6.07) is 12.9. The molecule has 3 aromatic rings. The molecular formula is C20H20N6O3. The van der Waals surface area contributed by atoms with Gasteiger partial charge in [0.2, 0.25) is 0 Å². The van der Waals surface area contributed by atoms with Crippen LogP contribution in [0.2, 0.25) is 0 Å². The molecule has 0 unspecified atom stereocenters. The van der Waals surface area contributed by atoms with E-state index in [0.717, 1.165) is 21.4 Å². The van der Waals surface area contributed by atoms with Crippen LogP contribution < -0.4 is 10.4 Å². The van der Waals surface area contributed by atoms with Crippen LogP contribution in [0, 0.1) is 18.3 Å². The van der Waals surface area contributed by atoms with Gasteiger partial charge in [-0.05, 0) is 54.1 Å². The number of oxime groups is 1. The van der Waals surface area contributed by atoms with Crippen LogP contribution in [0.25, 0.3) is 5.69 Å². The minimum Gasteiger partial charge on any atom is -0.487 e. The van der Waals surface area contributed by atoms with Gasteiger partial charge in [0.05, 0.1) is 17.0 Å². The molecule has 0 atom stereocenters. The normalized spacial score (nSPS) is 11.2. The maximum absolute atomic E-state index is 12.3. The maximum atomic E-state index is 12.3. The Morgan fingerprint density at radius 3 is 2.72 bits per heavy atom. The van der Waals surface area contributed by atoms with Gasteiger partial charge in [-0.15, -0.1) is 0 Å². The number of hydrogen-bond acceptors (Lipinski definition) is 7. The molecule has 0 fully saturated rings. The van der Waals surface area contributed by atoms with Crippen LogP contribution in [-0.4, -0.2) is 32.6 Å². The quantitative estimate of drug-likeness (QED) is 0.470. The predicted molar refractivity (Wildman–Crippen MR) is 106 cm³/mol. The fourth-order valence-corrected chi connectivity index (χ4v) is 2.85. The number of ether oxygens (including phenoxy) is 1. The van der Waals surface area contributed by atoms with Gasteiger partial charge in [0.1, 0.15) is 25.5 Å². The summed E-state index contributed by atoms with van der Waals surface area (Å²) in [4.78, 5) is 17.0. The smallest absolute Gasteiger partial charge is 0.368 e. The van der Waals surface area contributed by atoms with Crippen molar-refractivity contribution < 1.29 is 9.57 Å². The summed E-state index contributed by atoms with van der Waals surface area (Å²) < 4.78 is 8.32. The number of nitriles is 1. The summed E-state index contributed by atoms with van der Waals surface area (Å²) in [6.07, 6.45) is 0. The molecule has 0 saturated heterocycles. The van der Waals surface area contributed by atoms with Crippen LogP contribution >= 0.6 is 0 Å². The van der Waals surface area contributed by atoms with E-state index in [9.17, 15) is 10.1 Å². The Balaban J connectivity index is 1.93. The van der Waals surface area contributed by atoms with Gasteiger partial charge in [0, 0.05) is 18.2 Å². The van der Waals surface area contributed by atoms with Gasteiger partial charge >= 0.3 is 5.69 Å². The number of aryl methyl sites for hydroxylation is 2. The summed E-state index contributed by atoms with van der Waals surface area (Å²) in [5.41, 5.74) is 3.73. The van der Waals surface area contributed by atoms with Crippen molar-refractivity contribution in [2.75, 3.05) is 7.11 Å². The van der Waals surface area contributed by atoms with Crippen molar-refractivity contribution in [3.63, 3.8) is 0 Å². The van der Waals surface area contributed by atoms with Crippen molar-refractivity contribution in [1.29, 1.82) is 5.26 Å². The lowest BCUT2D eigenvalue weighted by Crippen LogP contribution is -2.23. The molecule has 0 N–H and O–H groups in total. The Labute approximate surface area is 167 Å². The summed E-state index contributed by atoms with van der Waals surface area (Å²) >= 11 is 0. The van der Waals surface area contributed by atoms with E-state index in [4.69, 9.17) is 9.57 Å². The fraction of sp³-hybridized carbons (Fsp3) is 0.250. The number of rotatable bonds is 6. The SMILES string of the molecule is CO/N=C(/C)c1ccc(OCc2c(C)cccc2-n2nnn(C)c2=O)c(C#N)c1. The van der Waals surface area contributed by atoms with Crippen molar-refractivity contribution in [2.24, 2.45) is 12.2 Å². The van der Waals surface area contributed by atoms with Crippen molar-refractivity contribution >= 4 is 5.71 Å². The molecule has 0 aliphatic rings. The highest BCUT2D eigenvalue weighted by atomic mass is 16.6. The van der Waals surface area contributed by atoms with Gasteiger partial charge in [0.25, 0.3) is 0 Å². The molecule has 148 valence electrons. The van der Waals surface area contributed by atoms with E-state index >= 15 is 0 Å². The first kappa shape index (κ1) is 19.8. The summed E-state index contributed by atoms with van der Waals surface area (Å²) in [5, 5.41) is 21.1. The van der Waals surface area contributed by atoms with Crippen molar-refractivity contribution in [3.05, 3.63) is 69.1 Å². The highest BCUT2D eigenvalue weighted by molar-refractivity contribution is 5.98. The van der Waals surface area contributed by atoms with E-state index < -0.39 is 0 Å². The van der Waals surface area contributed by atoms with E-state index in [0.29, 0.717) is 22.7 Å². The lowest BCUT2D eigenvalue weighted by atomic mass is 10.1. The molecule has 0 aliphatic carbocycles. The summed E-state index contributed by atoms with van der Waals surface area (Å²) in [5.74, 6) is 0.433. The molecule has 0 amide bonds. The van der Waals surface area contributed by atoms with Crippen molar-refractivity contribution in [2.45, 2.75) is 20.5 Å². The second kappa shape index (κ2) is 8.39. The summed E-state index contributed by atoms with van der Waals surface area (Å²) in [6.45, 7) is 3.87. The third kappa shape index (κ3) is 4.01. The largest absolute Gasteiger partial charge is 0.487 e. The fourth-order valence-electron chi connectivity index (χ4n) is 2.85. The van der Waals surface area contributed by atoms with E-state index in [1.807, 2.05) is 19.1 Å². The van der Waals surface area contributed by atoms with Crippen LogP contribution in [0.3, 0.4) is 0 Å². The molecule has 1 heterocycles. The van der Waals surface area contributed by atoms with Gasteiger partial charge in [-0.1, -0.05) is 17.3 Å². The van der Waals surface area contributed by atoms with Crippen LogP contribution in [0.15, 0.2) is 46.3 Å². The molecule has 1 aromatic heterocycles. The molecule has 0 aliphatic heterocycles. The average Bonchev–Trinajstić information content (AvgIpc) is 3.05. The first-order valence-corrected chi connectivity index (χ1v) is 8.79. The third-order valence-corrected chi connectivity index (χ3v) is 4.45. The van der Waals surface area contributed by atoms with Crippen molar-refractivity contribution in [1.82, 2.24) is 19.8 Å². The molecule has 9 heteroatoms. The molecule has 2 aromatic carbocycles. The number of aromatic nitrogens is 4. The number of benzene rings is 2. The van der Waals surface area contributed by atoms with E-state index in [1.165, 1.54) is 18.8 Å². The van der Waals surface area contributed by atoms with Crippen LogP contribution in [0.1, 0.15) is 29.2 Å². The van der Waals surface area contributed by atoms with Gasteiger partial charge in [-0.2, -0.15) is 14.6 Å².